The Kier molecular flexibility index (Phi) is 4.42. The number of carbonyl (C=O) groups excluding carboxylic acids is 1. The number of nitrogens with zero attached hydrogens (tertiary/aromatic N) is 1. The molecule has 2 rings (SSSR count). The van der Waals surface area contributed by atoms with E-state index in [0.29, 0.717) is 22.7 Å². The quantitative estimate of drug-likeness (QED) is 0.904. The van der Waals surface area contributed by atoms with E-state index in [9.17, 15) is 4.79 Å². The second kappa shape index (κ2) is 6.44. The fraction of sp³-hybridized carbons (Fsp3) is 0.125. The van der Waals surface area contributed by atoms with Gasteiger partial charge in [-0.05, 0) is 30.7 Å². The van der Waals surface area contributed by atoms with Gasteiger partial charge in [0.25, 0.3) is 0 Å². The summed E-state index contributed by atoms with van der Waals surface area (Å²) >= 11 is 0. The zero-order chi connectivity index (χ0) is 15.2. The van der Waals surface area contributed by atoms with Gasteiger partial charge in [-0.1, -0.05) is 18.2 Å². The summed E-state index contributed by atoms with van der Waals surface area (Å²) in [6.07, 6.45) is 0. The van der Waals surface area contributed by atoms with Crippen LogP contribution in [0.5, 0.6) is 5.75 Å². The topological polar surface area (TPSA) is 74.2 Å². The summed E-state index contributed by atoms with van der Waals surface area (Å²) in [6, 6.07) is 14.0. The molecule has 0 saturated heterocycles. The average molecular weight is 281 g/mol. The molecular formula is C16H15N3O2. The van der Waals surface area contributed by atoms with Gasteiger partial charge in [-0.15, -0.1) is 0 Å². The lowest BCUT2D eigenvalue weighted by atomic mass is 10.1. The Hall–Kier alpha value is -3.00. The zero-order valence-corrected chi connectivity index (χ0v) is 11.8. The largest absolute Gasteiger partial charge is 0.497 e. The van der Waals surface area contributed by atoms with Crippen molar-refractivity contribution in [2.75, 3.05) is 17.7 Å². The minimum atomic E-state index is -0.412. The van der Waals surface area contributed by atoms with Crippen LogP contribution in [0.1, 0.15) is 11.1 Å². The first-order valence-corrected chi connectivity index (χ1v) is 6.36. The Labute approximate surface area is 123 Å². The van der Waals surface area contributed by atoms with Crippen LogP contribution in [0.25, 0.3) is 0 Å². The van der Waals surface area contributed by atoms with Crippen LogP contribution in [0.2, 0.25) is 0 Å². The molecule has 2 amide bonds. The number of aryl methyl sites for hydroxylation is 1. The minimum absolute atomic E-state index is 0.412. The van der Waals surface area contributed by atoms with Crippen LogP contribution in [0.15, 0.2) is 42.5 Å². The fourth-order valence-corrected chi connectivity index (χ4v) is 1.91. The van der Waals surface area contributed by atoms with Gasteiger partial charge in [0, 0.05) is 11.8 Å². The molecule has 2 N–H and O–H groups in total. The van der Waals surface area contributed by atoms with Crippen molar-refractivity contribution >= 4 is 17.4 Å². The van der Waals surface area contributed by atoms with E-state index in [1.54, 1.807) is 43.5 Å². The molecule has 0 aliphatic rings. The van der Waals surface area contributed by atoms with Crippen LogP contribution in [0.4, 0.5) is 16.2 Å². The van der Waals surface area contributed by atoms with Gasteiger partial charge in [-0.3, -0.25) is 0 Å². The molecule has 0 spiro atoms. The molecule has 0 aliphatic heterocycles. The predicted molar refractivity (Wildman–Crippen MR) is 81.5 cm³/mol. The van der Waals surface area contributed by atoms with Crippen LogP contribution in [0.3, 0.4) is 0 Å². The number of rotatable bonds is 3. The fourth-order valence-electron chi connectivity index (χ4n) is 1.91. The number of amides is 2. The first kappa shape index (κ1) is 14.4. The van der Waals surface area contributed by atoms with Crippen molar-refractivity contribution in [3.63, 3.8) is 0 Å². The summed E-state index contributed by atoms with van der Waals surface area (Å²) in [5.74, 6) is 0.654. The molecule has 0 saturated carbocycles. The summed E-state index contributed by atoms with van der Waals surface area (Å²) in [7, 11) is 1.56. The summed E-state index contributed by atoms with van der Waals surface area (Å²) < 4.78 is 5.09. The van der Waals surface area contributed by atoms with E-state index in [1.165, 1.54) is 0 Å². The highest BCUT2D eigenvalue weighted by Gasteiger charge is 2.09. The molecule has 106 valence electrons. The maximum Gasteiger partial charge on any atom is 0.323 e. The van der Waals surface area contributed by atoms with Crippen LogP contribution in [-0.2, 0) is 0 Å². The number of benzene rings is 2. The summed E-state index contributed by atoms with van der Waals surface area (Å²) in [6.45, 7) is 1.82. The summed E-state index contributed by atoms with van der Waals surface area (Å²) in [4.78, 5) is 12.0. The number of urea groups is 1. The first-order chi connectivity index (χ1) is 10.1. The highest BCUT2D eigenvalue weighted by atomic mass is 16.5. The third-order valence-electron chi connectivity index (χ3n) is 2.96. The molecule has 0 bridgehead atoms. The highest BCUT2D eigenvalue weighted by Crippen LogP contribution is 2.20. The van der Waals surface area contributed by atoms with Gasteiger partial charge in [-0.2, -0.15) is 5.26 Å². The number of nitrogens with one attached hydrogen (secondary N) is 2. The average Bonchev–Trinajstić information content (AvgIpc) is 2.47. The van der Waals surface area contributed by atoms with Crippen LogP contribution in [-0.4, -0.2) is 13.1 Å². The molecule has 2 aromatic rings. The van der Waals surface area contributed by atoms with E-state index in [2.05, 4.69) is 16.7 Å². The van der Waals surface area contributed by atoms with Gasteiger partial charge in [0.1, 0.15) is 11.8 Å². The SMILES string of the molecule is COc1cccc(NC(=O)Nc2cccc(C)c2C#N)c1. The molecule has 5 heteroatoms. The van der Waals surface area contributed by atoms with Gasteiger partial charge >= 0.3 is 6.03 Å². The number of ether oxygens (including phenoxy) is 1. The van der Waals surface area contributed by atoms with E-state index < -0.39 is 6.03 Å². The molecular weight excluding hydrogens is 266 g/mol. The molecule has 0 aliphatic carbocycles. The van der Waals surface area contributed by atoms with E-state index in [4.69, 9.17) is 10.00 Å². The number of hydrogen-bond donors (Lipinski definition) is 2. The van der Waals surface area contributed by atoms with Crippen molar-refractivity contribution in [2.24, 2.45) is 0 Å². The van der Waals surface area contributed by atoms with Gasteiger partial charge in [-0.25, -0.2) is 4.79 Å². The van der Waals surface area contributed by atoms with E-state index in [0.717, 1.165) is 5.56 Å². The van der Waals surface area contributed by atoms with Gasteiger partial charge < -0.3 is 15.4 Å². The minimum Gasteiger partial charge on any atom is -0.497 e. The molecule has 0 unspecified atom stereocenters. The monoisotopic (exact) mass is 281 g/mol. The molecule has 0 fully saturated rings. The Balaban J connectivity index is 2.12. The second-order valence-electron chi connectivity index (χ2n) is 4.42. The number of hydrogen-bond acceptors (Lipinski definition) is 3. The maximum atomic E-state index is 12.0. The lowest BCUT2D eigenvalue weighted by molar-refractivity contribution is 0.262. The molecule has 0 aromatic heterocycles. The zero-order valence-electron chi connectivity index (χ0n) is 11.8. The number of nitriles is 1. The van der Waals surface area contributed by atoms with Crippen molar-refractivity contribution in [3.05, 3.63) is 53.6 Å². The van der Waals surface area contributed by atoms with Gasteiger partial charge in [0.05, 0.1) is 18.4 Å². The normalized spacial score (nSPS) is 9.57. The van der Waals surface area contributed by atoms with E-state index in [1.807, 2.05) is 13.0 Å². The highest BCUT2D eigenvalue weighted by molar-refractivity contribution is 6.00. The summed E-state index contributed by atoms with van der Waals surface area (Å²) in [5, 5.41) is 14.5. The molecule has 0 heterocycles. The molecule has 5 nitrogen and oxygen atoms in total. The predicted octanol–water partition coefficient (Wildman–Crippen LogP) is 3.52. The molecule has 0 atom stereocenters. The third-order valence-corrected chi connectivity index (χ3v) is 2.96. The third kappa shape index (κ3) is 3.51. The Morgan fingerprint density at radius 3 is 2.67 bits per heavy atom. The van der Waals surface area contributed by atoms with Crippen LogP contribution in [0, 0.1) is 18.3 Å². The number of anilines is 2. The van der Waals surface area contributed by atoms with Gasteiger partial charge in [0.15, 0.2) is 0 Å². The van der Waals surface area contributed by atoms with E-state index in [-0.39, 0.29) is 0 Å². The van der Waals surface area contributed by atoms with Crippen LogP contribution >= 0.6 is 0 Å². The first-order valence-electron chi connectivity index (χ1n) is 6.36. The maximum absolute atomic E-state index is 12.0. The standard InChI is InChI=1S/C16H15N3O2/c1-11-5-3-8-15(14(11)10-17)19-16(20)18-12-6-4-7-13(9-12)21-2/h3-9H,1-2H3,(H2,18,19,20). The Morgan fingerprint density at radius 1 is 1.19 bits per heavy atom. The Bertz CT molecular complexity index is 705. The summed E-state index contributed by atoms with van der Waals surface area (Å²) in [5.41, 5.74) is 2.37. The Morgan fingerprint density at radius 2 is 1.95 bits per heavy atom. The molecule has 2 aromatic carbocycles. The smallest absolute Gasteiger partial charge is 0.323 e. The van der Waals surface area contributed by atoms with Crippen molar-refractivity contribution in [3.8, 4) is 11.8 Å². The lowest BCUT2D eigenvalue weighted by Crippen LogP contribution is -2.20. The number of methoxy groups -OCH3 is 1. The van der Waals surface area contributed by atoms with Crippen molar-refractivity contribution in [1.82, 2.24) is 0 Å². The van der Waals surface area contributed by atoms with E-state index >= 15 is 0 Å². The van der Waals surface area contributed by atoms with Crippen molar-refractivity contribution in [1.29, 1.82) is 5.26 Å². The second-order valence-corrected chi connectivity index (χ2v) is 4.42. The van der Waals surface area contributed by atoms with Crippen molar-refractivity contribution < 1.29 is 9.53 Å². The molecule has 21 heavy (non-hydrogen) atoms. The lowest BCUT2D eigenvalue weighted by Gasteiger charge is -2.10. The van der Waals surface area contributed by atoms with Gasteiger partial charge in [0.2, 0.25) is 0 Å². The van der Waals surface area contributed by atoms with Crippen LogP contribution < -0.4 is 15.4 Å². The molecule has 0 radical (unpaired) electrons. The number of carbonyl (C=O) groups is 1. The van der Waals surface area contributed by atoms with Crippen molar-refractivity contribution in [2.45, 2.75) is 6.92 Å².